The number of halogens is 1. The van der Waals surface area contributed by atoms with Crippen molar-refractivity contribution in [2.75, 3.05) is 11.9 Å². The van der Waals surface area contributed by atoms with Gasteiger partial charge in [-0.1, -0.05) is 0 Å². The number of benzene rings is 1. The maximum Gasteiger partial charge on any atom is 0.136 e. The largest absolute Gasteiger partial charge is 0.464 e. The van der Waals surface area contributed by atoms with E-state index in [1.54, 1.807) is 18.4 Å². The summed E-state index contributed by atoms with van der Waals surface area (Å²) in [5.41, 5.74) is 1.63. The van der Waals surface area contributed by atoms with Crippen LogP contribution in [-0.2, 0) is 0 Å². The van der Waals surface area contributed by atoms with Crippen LogP contribution in [0, 0.1) is 5.82 Å². The second kappa shape index (κ2) is 4.17. The number of hydrogen-bond donors (Lipinski definition) is 1. The maximum atomic E-state index is 13.1. The van der Waals surface area contributed by atoms with Crippen LogP contribution in [0.4, 0.5) is 10.1 Å². The Hall–Kier alpha value is -1.77. The van der Waals surface area contributed by atoms with Gasteiger partial charge in [0.1, 0.15) is 11.6 Å². The van der Waals surface area contributed by atoms with Crippen LogP contribution in [0.1, 0.15) is 6.92 Å². The molecule has 0 aliphatic rings. The normalized spacial score (nSPS) is 10.3. The second-order valence-corrected chi connectivity index (χ2v) is 3.20. The van der Waals surface area contributed by atoms with E-state index < -0.39 is 0 Å². The van der Waals surface area contributed by atoms with E-state index in [1.165, 1.54) is 12.1 Å². The summed E-state index contributed by atoms with van der Waals surface area (Å²) < 4.78 is 18.4. The smallest absolute Gasteiger partial charge is 0.136 e. The van der Waals surface area contributed by atoms with Gasteiger partial charge in [-0.25, -0.2) is 4.39 Å². The molecule has 0 bridgehead atoms. The first kappa shape index (κ1) is 9.77. The highest BCUT2D eigenvalue weighted by Crippen LogP contribution is 2.28. The van der Waals surface area contributed by atoms with Crippen LogP contribution in [0.2, 0.25) is 0 Å². The summed E-state index contributed by atoms with van der Waals surface area (Å²) in [5, 5.41) is 3.16. The Morgan fingerprint density at radius 2 is 2.20 bits per heavy atom. The van der Waals surface area contributed by atoms with Gasteiger partial charge in [0.15, 0.2) is 0 Å². The van der Waals surface area contributed by atoms with E-state index in [0.717, 1.165) is 17.8 Å². The average molecular weight is 205 g/mol. The highest BCUT2D eigenvalue weighted by molar-refractivity contribution is 5.74. The lowest BCUT2D eigenvalue weighted by molar-refractivity contribution is 0.580. The van der Waals surface area contributed by atoms with Crippen molar-refractivity contribution in [3.8, 4) is 11.3 Å². The zero-order valence-corrected chi connectivity index (χ0v) is 8.46. The average Bonchev–Trinajstić information content (AvgIpc) is 2.74. The van der Waals surface area contributed by atoms with Gasteiger partial charge in [0.25, 0.3) is 0 Å². The Labute approximate surface area is 87.7 Å². The van der Waals surface area contributed by atoms with Crippen LogP contribution in [0.5, 0.6) is 0 Å². The molecule has 0 aliphatic heterocycles. The summed E-state index contributed by atoms with van der Waals surface area (Å²) in [6, 6.07) is 8.23. The summed E-state index contributed by atoms with van der Waals surface area (Å²) in [7, 11) is 0. The van der Waals surface area contributed by atoms with E-state index in [0.29, 0.717) is 5.76 Å². The summed E-state index contributed by atoms with van der Waals surface area (Å²) >= 11 is 0. The predicted molar refractivity (Wildman–Crippen MR) is 58.3 cm³/mol. The lowest BCUT2D eigenvalue weighted by Crippen LogP contribution is -1.98. The minimum Gasteiger partial charge on any atom is -0.464 e. The fraction of sp³-hybridized carbons (Fsp3) is 0.167. The molecule has 0 aliphatic carbocycles. The fourth-order valence-electron chi connectivity index (χ4n) is 1.50. The molecular formula is C12H12FNO. The van der Waals surface area contributed by atoms with Crippen LogP contribution >= 0.6 is 0 Å². The van der Waals surface area contributed by atoms with Crippen LogP contribution < -0.4 is 5.32 Å². The Bertz CT molecular complexity index is 437. The Morgan fingerprint density at radius 1 is 1.33 bits per heavy atom. The van der Waals surface area contributed by atoms with Crippen LogP contribution in [0.3, 0.4) is 0 Å². The molecule has 0 fully saturated rings. The number of hydrogen-bond acceptors (Lipinski definition) is 2. The Morgan fingerprint density at radius 3 is 2.87 bits per heavy atom. The SMILES string of the molecule is CCNc1ccc(F)cc1-c1ccco1. The molecule has 2 aromatic rings. The van der Waals surface area contributed by atoms with E-state index in [9.17, 15) is 4.39 Å². The van der Waals surface area contributed by atoms with Crippen molar-refractivity contribution in [1.29, 1.82) is 0 Å². The quantitative estimate of drug-likeness (QED) is 0.829. The Balaban J connectivity index is 2.47. The number of nitrogens with one attached hydrogen (secondary N) is 1. The molecule has 3 heteroatoms. The zero-order valence-electron chi connectivity index (χ0n) is 8.46. The molecule has 0 spiro atoms. The standard InChI is InChI=1S/C12H12FNO/c1-2-14-11-6-5-9(13)8-10(11)12-4-3-7-15-12/h3-8,14H,2H2,1H3. The second-order valence-electron chi connectivity index (χ2n) is 3.20. The van der Waals surface area contributed by atoms with Crippen molar-refractivity contribution in [2.24, 2.45) is 0 Å². The molecule has 0 radical (unpaired) electrons. The highest BCUT2D eigenvalue weighted by Gasteiger charge is 2.07. The van der Waals surface area contributed by atoms with Crippen molar-refractivity contribution < 1.29 is 8.81 Å². The predicted octanol–water partition coefficient (Wildman–Crippen LogP) is 3.52. The molecular weight excluding hydrogens is 193 g/mol. The molecule has 15 heavy (non-hydrogen) atoms. The van der Waals surface area contributed by atoms with Gasteiger partial charge in [0.2, 0.25) is 0 Å². The van der Waals surface area contributed by atoms with E-state index in [-0.39, 0.29) is 5.82 Å². The lowest BCUT2D eigenvalue weighted by Gasteiger charge is -2.08. The first-order valence-electron chi connectivity index (χ1n) is 4.88. The van der Waals surface area contributed by atoms with Crippen molar-refractivity contribution in [1.82, 2.24) is 0 Å². The van der Waals surface area contributed by atoms with Crippen molar-refractivity contribution in [3.05, 3.63) is 42.4 Å². The minimum absolute atomic E-state index is 0.261. The van der Waals surface area contributed by atoms with Gasteiger partial charge in [0.05, 0.1) is 6.26 Å². The molecule has 0 saturated heterocycles. The molecule has 0 atom stereocenters. The molecule has 1 N–H and O–H groups in total. The summed E-state index contributed by atoms with van der Waals surface area (Å²) in [4.78, 5) is 0. The van der Waals surface area contributed by atoms with E-state index in [1.807, 2.05) is 13.0 Å². The molecule has 2 rings (SSSR count). The van der Waals surface area contributed by atoms with Gasteiger partial charge < -0.3 is 9.73 Å². The van der Waals surface area contributed by atoms with Crippen molar-refractivity contribution >= 4 is 5.69 Å². The number of anilines is 1. The molecule has 0 amide bonds. The van der Waals surface area contributed by atoms with Gasteiger partial charge in [-0.05, 0) is 37.3 Å². The third-order valence-electron chi connectivity index (χ3n) is 2.14. The molecule has 0 saturated carbocycles. The van der Waals surface area contributed by atoms with Gasteiger partial charge in [-0.15, -0.1) is 0 Å². The van der Waals surface area contributed by atoms with Gasteiger partial charge in [-0.3, -0.25) is 0 Å². The van der Waals surface area contributed by atoms with Crippen LogP contribution in [0.15, 0.2) is 41.0 Å². The number of furan rings is 1. The summed E-state index contributed by atoms with van der Waals surface area (Å²) in [6.07, 6.45) is 1.58. The minimum atomic E-state index is -0.261. The van der Waals surface area contributed by atoms with Gasteiger partial charge in [0, 0.05) is 17.8 Å². The van der Waals surface area contributed by atoms with E-state index in [2.05, 4.69) is 5.32 Å². The van der Waals surface area contributed by atoms with Crippen LogP contribution in [0.25, 0.3) is 11.3 Å². The van der Waals surface area contributed by atoms with Gasteiger partial charge >= 0.3 is 0 Å². The molecule has 1 aromatic heterocycles. The molecule has 1 heterocycles. The first-order valence-corrected chi connectivity index (χ1v) is 4.88. The van der Waals surface area contributed by atoms with Gasteiger partial charge in [-0.2, -0.15) is 0 Å². The van der Waals surface area contributed by atoms with Crippen LogP contribution in [-0.4, -0.2) is 6.54 Å². The number of rotatable bonds is 3. The lowest BCUT2D eigenvalue weighted by atomic mass is 10.1. The molecule has 2 nitrogen and oxygen atoms in total. The maximum absolute atomic E-state index is 13.1. The first-order chi connectivity index (χ1) is 7.31. The third kappa shape index (κ3) is 2.01. The zero-order chi connectivity index (χ0) is 10.7. The van der Waals surface area contributed by atoms with Crippen molar-refractivity contribution in [2.45, 2.75) is 6.92 Å². The third-order valence-corrected chi connectivity index (χ3v) is 2.14. The molecule has 0 unspecified atom stereocenters. The Kier molecular flexibility index (Phi) is 2.72. The monoisotopic (exact) mass is 205 g/mol. The molecule has 1 aromatic carbocycles. The van der Waals surface area contributed by atoms with E-state index >= 15 is 0 Å². The fourth-order valence-corrected chi connectivity index (χ4v) is 1.50. The summed E-state index contributed by atoms with van der Waals surface area (Å²) in [6.45, 7) is 2.79. The topological polar surface area (TPSA) is 25.2 Å². The highest BCUT2D eigenvalue weighted by atomic mass is 19.1. The van der Waals surface area contributed by atoms with E-state index in [4.69, 9.17) is 4.42 Å². The van der Waals surface area contributed by atoms with Crippen molar-refractivity contribution in [3.63, 3.8) is 0 Å². The molecule has 78 valence electrons. The summed E-state index contributed by atoms with van der Waals surface area (Å²) in [5.74, 6) is 0.411.